The first-order chi connectivity index (χ1) is 9.27. The maximum Gasteiger partial charge on any atom is 1.00 e. The van der Waals surface area contributed by atoms with Crippen LogP contribution in [0.3, 0.4) is 0 Å². The van der Waals surface area contributed by atoms with Gasteiger partial charge < -0.3 is 4.90 Å². The zero-order chi connectivity index (χ0) is 13.7. The monoisotopic (exact) mass is 259 g/mol. The summed E-state index contributed by atoms with van der Waals surface area (Å²) in [5.74, 6) is 0.0813. The molecule has 0 N–H and O–H groups in total. The van der Waals surface area contributed by atoms with Gasteiger partial charge in [-0.3, -0.25) is 4.79 Å². The second-order valence-corrected chi connectivity index (χ2v) is 4.30. The maximum atomic E-state index is 12.5. The first-order valence-electron chi connectivity index (χ1n) is 6.63. The molecule has 2 rings (SSSR count). The zero-order valence-corrected chi connectivity index (χ0v) is 12.4. The Hall–Kier alpha value is -1.49. The van der Waals surface area contributed by atoms with Gasteiger partial charge in [-0.1, -0.05) is 29.8 Å². The third-order valence-corrected chi connectivity index (χ3v) is 3.21. The van der Waals surface area contributed by atoms with E-state index in [0.717, 1.165) is 29.8 Å². The molecular formula is C17H18LiNO. The van der Waals surface area contributed by atoms with Crippen molar-refractivity contribution in [3.05, 3.63) is 60.2 Å². The molecule has 98 valence electrons. The van der Waals surface area contributed by atoms with Crippen LogP contribution in [0.15, 0.2) is 48.5 Å². The van der Waals surface area contributed by atoms with E-state index in [4.69, 9.17) is 0 Å². The zero-order valence-electron chi connectivity index (χ0n) is 12.4. The summed E-state index contributed by atoms with van der Waals surface area (Å²) in [6.07, 6.45) is 0. The van der Waals surface area contributed by atoms with Crippen LogP contribution < -0.4 is 18.9 Å². The van der Waals surface area contributed by atoms with Crippen molar-refractivity contribution >= 4 is 5.91 Å². The van der Waals surface area contributed by atoms with E-state index in [1.807, 2.05) is 67.3 Å². The Balaban J connectivity index is 0.00000200. The number of carbonyl (C=O) groups excluding carboxylic acids is 1. The molecular weight excluding hydrogens is 241 g/mol. The van der Waals surface area contributed by atoms with Crippen LogP contribution in [0.4, 0.5) is 0 Å². The molecule has 0 aliphatic heterocycles. The van der Waals surface area contributed by atoms with Crippen molar-refractivity contribution in [3.63, 3.8) is 0 Å². The summed E-state index contributed by atoms with van der Waals surface area (Å²) in [5, 5.41) is 0. The first-order valence-corrected chi connectivity index (χ1v) is 6.63. The summed E-state index contributed by atoms with van der Waals surface area (Å²) >= 11 is 0. The van der Waals surface area contributed by atoms with Crippen molar-refractivity contribution < 1.29 is 23.7 Å². The van der Waals surface area contributed by atoms with Crippen LogP contribution in [0.5, 0.6) is 0 Å². The Kier molecular flexibility index (Phi) is 6.58. The van der Waals surface area contributed by atoms with Gasteiger partial charge in [-0.2, -0.15) is 0 Å². The molecule has 0 radical (unpaired) electrons. The Bertz CT molecular complexity index is 550. The fraction of sp³-hybridized carbons (Fsp3) is 0.235. The summed E-state index contributed by atoms with van der Waals surface area (Å²) in [5.41, 5.74) is 2.65. The molecule has 20 heavy (non-hydrogen) atoms. The van der Waals surface area contributed by atoms with Gasteiger partial charge >= 0.3 is 18.9 Å². The third kappa shape index (κ3) is 3.54. The SMILES string of the molecule is CCN(CC)C(=O)c1ccccc1-c1[c-]cccc1.[Li+]. The molecule has 0 saturated heterocycles. The van der Waals surface area contributed by atoms with E-state index < -0.39 is 0 Å². The molecule has 0 aliphatic carbocycles. The second-order valence-electron chi connectivity index (χ2n) is 4.30. The molecule has 0 heterocycles. The van der Waals surface area contributed by atoms with E-state index in [0.29, 0.717) is 0 Å². The average Bonchev–Trinajstić information content (AvgIpc) is 2.49. The van der Waals surface area contributed by atoms with E-state index >= 15 is 0 Å². The van der Waals surface area contributed by atoms with Gasteiger partial charge in [0.2, 0.25) is 5.91 Å². The van der Waals surface area contributed by atoms with Gasteiger partial charge in [0.15, 0.2) is 0 Å². The van der Waals surface area contributed by atoms with E-state index in [1.165, 1.54) is 0 Å². The van der Waals surface area contributed by atoms with E-state index in [9.17, 15) is 4.79 Å². The van der Waals surface area contributed by atoms with Crippen molar-refractivity contribution in [2.45, 2.75) is 13.8 Å². The molecule has 0 atom stereocenters. The van der Waals surface area contributed by atoms with Crippen molar-refractivity contribution in [1.29, 1.82) is 0 Å². The fourth-order valence-corrected chi connectivity index (χ4v) is 2.15. The first kappa shape index (κ1) is 16.6. The van der Waals surface area contributed by atoms with Gasteiger partial charge in [0.05, 0.1) is 0 Å². The van der Waals surface area contributed by atoms with Crippen molar-refractivity contribution in [3.8, 4) is 11.1 Å². The number of hydrogen-bond acceptors (Lipinski definition) is 1. The molecule has 1 amide bonds. The molecule has 0 bridgehead atoms. The van der Waals surface area contributed by atoms with E-state index in [1.54, 1.807) is 0 Å². The standard InChI is InChI=1S/C17H18NO.Li/c1-3-18(4-2)17(19)16-13-9-8-12-15(16)14-10-6-5-7-11-14;/h5-10,12-13H,3-4H2,1-2H3;/q-1;+1. The van der Waals surface area contributed by atoms with Crippen molar-refractivity contribution in [2.24, 2.45) is 0 Å². The maximum absolute atomic E-state index is 12.5. The number of benzene rings is 2. The van der Waals surface area contributed by atoms with Crippen LogP contribution in [0.25, 0.3) is 11.1 Å². The molecule has 3 heteroatoms. The largest absolute Gasteiger partial charge is 1.00 e. The minimum Gasteiger partial charge on any atom is -0.340 e. The van der Waals surface area contributed by atoms with Crippen molar-refractivity contribution in [1.82, 2.24) is 4.90 Å². The molecule has 0 unspecified atom stereocenters. The number of carbonyl (C=O) groups is 1. The summed E-state index contributed by atoms with van der Waals surface area (Å²) < 4.78 is 0. The minimum absolute atomic E-state index is 0. The van der Waals surface area contributed by atoms with Gasteiger partial charge in [-0.05, 0) is 13.8 Å². The third-order valence-electron chi connectivity index (χ3n) is 3.21. The van der Waals surface area contributed by atoms with Gasteiger partial charge in [-0.15, -0.1) is 35.9 Å². The summed E-state index contributed by atoms with van der Waals surface area (Å²) in [7, 11) is 0. The second kappa shape index (κ2) is 7.94. The van der Waals surface area contributed by atoms with Gasteiger partial charge in [0.1, 0.15) is 0 Å². The average molecular weight is 259 g/mol. The molecule has 2 aromatic carbocycles. The van der Waals surface area contributed by atoms with E-state index in [2.05, 4.69) is 6.07 Å². The molecule has 0 saturated carbocycles. The number of nitrogens with zero attached hydrogens (tertiary/aromatic N) is 1. The quantitative estimate of drug-likeness (QED) is 0.583. The number of hydrogen-bond donors (Lipinski definition) is 0. The van der Waals surface area contributed by atoms with Crippen molar-refractivity contribution in [2.75, 3.05) is 13.1 Å². The molecule has 0 aromatic heterocycles. The van der Waals surface area contributed by atoms with Crippen LogP contribution >= 0.6 is 0 Å². The molecule has 0 aliphatic rings. The van der Waals surface area contributed by atoms with Crippen LogP contribution in [0.2, 0.25) is 0 Å². The summed E-state index contributed by atoms with van der Waals surface area (Å²) in [6, 6.07) is 18.6. The summed E-state index contributed by atoms with van der Waals surface area (Å²) in [4.78, 5) is 14.3. The summed E-state index contributed by atoms with van der Waals surface area (Å²) in [6.45, 7) is 5.45. The fourth-order valence-electron chi connectivity index (χ4n) is 2.15. The van der Waals surface area contributed by atoms with Crippen LogP contribution in [0.1, 0.15) is 24.2 Å². The van der Waals surface area contributed by atoms with Gasteiger partial charge in [0, 0.05) is 18.7 Å². The number of amides is 1. The molecule has 0 fully saturated rings. The predicted molar refractivity (Wildman–Crippen MR) is 78.0 cm³/mol. The van der Waals surface area contributed by atoms with Crippen LogP contribution in [-0.2, 0) is 0 Å². The normalized spacial score (nSPS) is 9.70. The van der Waals surface area contributed by atoms with Gasteiger partial charge in [-0.25, -0.2) is 0 Å². The predicted octanol–water partition coefficient (Wildman–Crippen LogP) is 0.640. The minimum atomic E-state index is 0. The Morgan fingerprint density at radius 2 is 1.70 bits per heavy atom. The molecule has 2 aromatic rings. The Morgan fingerprint density at radius 3 is 2.30 bits per heavy atom. The Labute approximate surface area is 133 Å². The molecule has 0 spiro atoms. The van der Waals surface area contributed by atoms with Crippen LogP contribution in [-0.4, -0.2) is 23.9 Å². The van der Waals surface area contributed by atoms with E-state index in [-0.39, 0.29) is 24.8 Å². The number of rotatable bonds is 4. The Morgan fingerprint density at radius 1 is 1.05 bits per heavy atom. The topological polar surface area (TPSA) is 20.3 Å². The van der Waals surface area contributed by atoms with Crippen LogP contribution in [0, 0.1) is 6.07 Å². The smallest absolute Gasteiger partial charge is 0.340 e. The molecule has 2 nitrogen and oxygen atoms in total. The van der Waals surface area contributed by atoms with Gasteiger partial charge in [0.25, 0.3) is 0 Å².